The average molecular weight is 275 g/mol. The first-order valence-corrected chi connectivity index (χ1v) is 6.13. The number of ether oxygens (including phenoxy) is 3. The summed E-state index contributed by atoms with van der Waals surface area (Å²) in [5.74, 6) is 2.35. The zero-order valence-corrected chi connectivity index (χ0v) is 11.7. The van der Waals surface area contributed by atoms with Crippen LogP contribution in [0.4, 0.5) is 0 Å². The van der Waals surface area contributed by atoms with E-state index in [2.05, 4.69) is 4.98 Å². The summed E-state index contributed by atoms with van der Waals surface area (Å²) in [6.07, 6.45) is 1.58. The molecule has 0 radical (unpaired) electrons. The van der Waals surface area contributed by atoms with Gasteiger partial charge in [-0.25, -0.2) is 4.98 Å². The van der Waals surface area contributed by atoms with Crippen LogP contribution in [0.2, 0.25) is 0 Å². The molecule has 20 heavy (non-hydrogen) atoms. The monoisotopic (exact) mass is 275 g/mol. The summed E-state index contributed by atoms with van der Waals surface area (Å²) in [6, 6.07) is 7.11. The molecule has 0 fully saturated rings. The van der Waals surface area contributed by atoms with Gasteiger partial charge in [0.05, 0.1) is 20.8 Å². The Morgan fingerprint density at radius 1 is 1.00 bits per heavy atom. The lowest BCUT2D eigenvalue weighted by molar-refractivity contribution is 0.281. The molecule has 0 saturated heterocycles. The van der Waals surface area contributed by atoms with Gasteiger partial charge in [0.1, 0.15) is 17.2 Å². The molecule has 0 saturated carbocycles. The van der Waals surface area contributed by atoms with Crippen molar-refractivity contribution in [2.24, 2.45) is 0 Å². The minimum atomic E-state index is -0.0406. The fourth-order valence-corrected chi connectivity index (χ4v) is 1.77. The molecular formula is C15H17NO4. The fraction of sp³-hybridized carbons (Fsp3) is 0.267. The highest BCUT2D eigenvalue weighted by atomic mass is 16.5. The third kappa shape index (κ3) is 3.19. The normalized spacial score (nSPS) is 10.2. The van der Waals surface area contributed by atoms with Crippen molar-refractivity contribution in [3.8, 4) is 23.1 Å². The summed E-state index contributed by atoms with van der Waals surface area (Å²) in [7, 11) is 3.16. The number of hydrogen-bond acceptors (Lipinski definition) is 5. The van der Waals surface area contributed by atoms with Gasteiger partial charge in [0.2, 0.25) is 5.88 Å². The zero-order valence-electron chi connectivity index (χ0n) is 11.7. The molecule has 0 amide bonds. The van der Waals surface area contributed by atoms with Crippen LogP contribution in [0.3, 0.4) is 0 Å². The van der Waals surface area contributed by atoms with E-state index in [1.165, 1.54) is 0 Å². The third-order valence-corrected chi connectivity index (χ3v) is 2.81. The van der Waals surface area contributed by atoms with Gasteiger partial charge in [0, 0.05) is 30.0 Å². The second-order valence-electron chi connectivity index (χ2n) is 4.27. The number of aliphatic hydroxyl groups excluding tert-OH is 1. The Hall–Kier alpha value is -2.27. The lowest BCUT2D eigenvalue weighted by Gasteiger charge is -2.11. The molecule has 2 rings (SSSR count). The van der Waals surface area contributed by atoms with Crippen LogP contribution < -0.4 is 14.2 Å². The molecule has 0 aliphatic heterocycles. The Bertz CT molecular complexity index is 576. The van der Waals surface area contributed by atoms with Crippen molar-refractivity contribution >= 4 is 0 Å². The van der Waals surface area contributed by atoms with Crippen LogP contribution in [-0.4, -0.2) is 24.3 Å². The molecule has 2 aromatic rings. The number of aryl methyl sites for hydroxylation is 1. The Morgan fingerprint density at radius 2 is 1.60 bits per heavy atom. The van der Waals surface area contributed by atoms with Crippen molar-refractivity contribution in [1.82, 2.24) is 4.98 Å². The van der Waals surface area contributed by atoms with Gasteiger partial charge >= 0.3 is 0 Å². The molecular weight excluding hydrogens is 258 g/mol. The number of pyridine rings is 1. The maximum absolute atomic E-state index is 9.07. The molecule has 1 aromatic carbocycles. The molecule has 0 atom stereocenters. The Morgan fingerprint density at radius 3 is 2.10 bits per heavy atom. The van der Waals surface area contributed by atoms with Crippen LogP contribution in [0.15, 0.2) is 30.5 Å². The molecule has 0 unspecified atom stereocenters. The first-order valence-electron chi connectivity index (χ1n) is 6.13. The summed E-state index contributed by atoms with van der Waals surface area (Å²) < 4.78 is 16.1. The van der Waals surface area contributed by atoms with Crippen LogP contribution in [0, 0.1) is 6.92 Å². The molecule has 1 aromatic heterocycles. The van der Waals surface area contributed by atoms with Gasteiger partial charge in [0.15, 0.2) is 0 Å². The highest BCUT2D eigenvalue weighted by Crippen LogP contribution is 2.31. The van der Waals surface area contributed by atoms with E-state index in [0.717, 1.165) is 11.1 Å². The summed E-state index contributed by atoms with van der Waals surface area (Å²) in [6.45, 7) is 1.83. The number of nitrogens with zero attached hydrogens (tertiary/aromatic N) is 1. The van der Waals surface area contributed by atoms with E-state index >= 15 is 0 Å². The number of rotatable bonds is 5. The van der Waals surface area contributed by atoms with Crippen LogP contribution in [0.1, 0.15) is 11.1 Å². The minimum absolute atomic E-state index is 0.0406. The maximum Gasteiger partial charge on any atom is 0.222 e. The van der Waals surface area contributed by atoms with E-state index in [-0.39, 0.29) is 6.61 Å². The lowest BCUT2D eigenvalue weighted by atomic mass is 10.2. The average Bonchev–Trinajstić information content (AvgIpc) is 2.48. The van der Waals surface area contributed by atoms with Gasteiger partial charge in [-0.3, -0.25) is 0 Å². The molecule has 0 bridgehead atoms. The number of benzene rings is 1. The van der Waals surface area contributed by atoms with Gasteiger partial charge in [-0.15, -0.1) is 0 Å². The first kappa shape index (κ1) is 14.1. The molecule has 5 nitrogen and oxygen atoms in total. The van der Waals surface area contributed by atoms with Crippen LogP contribution >= 0.6 is 0 Å². The van der Waals surface area contributed by atoms with E-state index in [4.69, 9.17) is 19.3 Å². The number of hydrogen-bond donors (Lipinski definition) is 1. The lowest BCUT2D eigenvalue weighted by Crippen LogP contribution is -1.95. The predicted molar refractivity (Wildman–Crippen MR) is 74.5 cm³/mol. The van der Waals surface area contributed by atoms with E-state index in [1.54, 1.807) is 38.6 Å². The molecule has 106 valence electrons. The van der Waals surface area contributed by atoms with Crippen LogP contribution in [0.25, 0.3) is 0 Å². The van der Waals surface area contributed by atoms with Gasteiger partial charge in [-0.1, -0.05) is 0 Å². The largest absolute Gasteiger partial charge is 0.496 e. The summed E-state index contributed by atoms with van der Waals surface area (Å²) in [4.78, 5) is 4.19. The quantitative estimate of drug-likeness (QED) is 0.909. The van der Waals surface area contributed by atoms with E-state index < -0.39 is 0 Å². The van der Waals surface area contributed by atoms with Crippen LogP contribution in [-0.2, 0) is 6.61 Å². The Balaban J connectivity index is 2.29. The topological polar surface area (TPSA) is 60.8 Å². The van der Waals surface area contributed by atoms with Gasteiger partial charge in [-0.2, -0.15) is 0 Å². The minimum Gasteiger partial charge on any atom is -0.496 e. The second-order valence-corrected chi connectivity index (χ2v) is 4.27. The van der Waals surface area contributed by atoms with Crippen LogP contribution in [0.5, 0.6) is 23.1 Å². The van der Waals surface area contributed by atoms with Gasteiger partial charge in [-0.05, 0) is 18.6 Å². The van der Waals surface area contributed by atoms with Crippen molar-refractivity contribution < 1.29 is 19.3 Å². The molecule has 0 aliphatic carbocycles. The molecule has 1 N–H and O–H groups in total. The van der Waals surface area contributed by atoms with Crippen molar-refractivity contribution in [2.75, 3.05) is 14.2 Å². The highest BCUT2D eigenvalue weighted by molar-refractivity contribution is 5.44. The predicted octanol–water partition coefficient (Wildman–Crippen LogP) is 2.69. The smallest absolute Gasteiger partial charge is 0.222 e. The number of methoxy groups -OCH3 is 2. The SMILES string of the molecule is COc1cc(OC)cc(Oc2ncc(CO)cc2C)c1. The second kappa shape index (κ2) is 6.25. The van der Waals surface area contributed by atoms with Gasteiger partial charge in [0.25, 0.3) is 0 Å². The number of aliphatic hydroxyl groups is 1. The summed E-state index contributed by atoms with van der Waals surface area (Å²) in [5.41, 5.74) is 1.59. The Kier molecular flexibility index (Phi) is 4.42. The summed E-state index contributed by atoms with van der Waals surface area (Å²) >= 11 is 0. The fourth-order valence-electron chi connectivity index (χ4n) is 1.77. The first-order chi connectivity index (χ1) is 9.66. The molecule has 5 heteroatoms. The van der Waals surface area contributed by atoms with E-state index in [9.17, 15) is 0 Å². The van der Waals surface area contributed by atoms with E-state index in [0.29, 0.717) is 23.1 Å². The molecule has 1 heterocycles. The van der Waals surface area contributed by atoms with E-state index in [1.807, 2.05) is 13.0 Å². The maximum atomic E-state index is 9.07. The zero-order chi connectivity index (χ0) is 14.5. The summed E-state index contributed by atoms with van der Waals surface area (Å²) in [5, 5.41) is 9.07. The highest BCUT2D eigenvalue weighted by Gasteiger charge is 2.07. The third-order valence-electron chi connectivity index (χ3n) is 2.81. The Labute approximate surface area is 117 Å². The standard InChI is InChI=1S/C15H17NO4/c1-10-4-11(9-17)8-16-15(10)20-14-6-12(18-2)5-13(7-14)19-3/h4-8,17H,9H2,1-3H3. The van der Waals surface area contributed by atoms with Crippen molar-refractivity contribution in [2.45, 2.75) is 13.5 Å². The molecule has 0 aliphatic rings. The van der Waals surface area contributed by atoms with Gasteiger partial charge < -0.3 is 19.3 Å². The van der Waals surface area contributed by atoms with Crippen molar-refractivity contribution in [1.29, 1.82) is 0 Å². The molecule has 0 spiro atoms. The van der Waals surface area contributed by atoms with Crippen molar-refractivity contribution in [3.05, 3.63) is 41.6 Å². The van der Waals surface area contributed by atoms with Crippen molar-refractivity contribution in [3.63, 3.8) is 0 Å². The number of aromatic nitrogens is 1.